The molecule has 242 valence electrons. The summed E-state index contributed by atoms with van der Waals surface area (Å²) in [6, 6.07) is 26.6. The number of sulfonamides is 1. The van der Waals surface area contributed by atoms with Crippen LogP contribution in [-0.2, 0) is 32.6 Å². The van der Waals surface area contributed by atoms with Crippen LogP contribution in [-0.4, -0.2) is 43.8 Å². The van der Waals surface area contributed by atoms with Gasteiger partial charge in [-0.25, -0.2) is 8.42 Å². The summed E-state index contributed by atoms with van der Waals surface area (Å²) in [5.41, 5.74) is 2.66. The Morgan fingerprint density at radius 3 is 2.17 bits per heavy atom. The van der Waals surface area contributed by atoms with Gasteiger partial charge in [-0.1, -0.05) is 106 Å². The van der Waals surface area contributed by atoms with E-state index in [9.17, 15) is 18.0 Å². The van der Waals surface area contributed by atoms with E-state index in [0.717, 1.165) is 25.5 Å². The van der Waals surface area contributed by atoms with Crippen LogP contribution in [0, 0.1) is 6.92 Å². The maximum Gasteiger partial charge on any atom is 0.264 e. The molecule has 1 N–H and O–H groups in total. The lowest BCUT2D eigenvalue weighted by Gasteiger charge is -2.34. The third-order valence-corrected chi connectivity index (χ3v) is 10.6. The molecule has 0 saturated carbocycles. The minimum absolute atomic E-state index is 0.00543. The van der Waals surface area contributed by atoms with E-state index in [0.29, 0.717) is 6.42 Å². The molecule has 4 aromatic carbocycles. The summed E-state index contributed by atoms with van der Waals surface area (Å²) < 4.78 is 30.2. The van der Waals surface area contributed by atoms with E-state index >= 15 is 0 Å². The van der Waals surface area contributed by atoms with Gasteiger partial charge in [0.05, 0.1) is 20.6 Å². The highest BCUT2D eigenvalue weighted by atomic mass is 79.9. The van der Waals surface area contributed by atoms with Crippen LogP contribution in [0.4, 0.5) is 5.69 Å². The predicted octanol–water partition coefficient (Wildman–Crippen LogP) is 7.81. The summed E-state index contributed by atoms with van der Waals surface area (Å²) in [6.07, 6.45) is 0.920. The van der Waals surface area contributed by atoms with Crippen molar-refractivity contribution in [2.75, 3.05) is 10.8 Å². The normalized spacial score (nSPS) is 12.7. The van der Waals surface area contributed by atoms with Gasteiger partial charge in [0, 0.05) is 23.5 Å². The number of nitrogens with one attached hydrogen (secondary N) is 1. The molecular weight excluding hydrogens is 709 g/mol. The molecule has 0 radical (unpaired) electrons. The average molecular weight is 746 g/mol. The maximum absolute atomic E-state index is 14.6. The zero-order chi connectivity index (χ0) is 33.4. The van der Waals surface area contributed by atoms with Crippen molar-refractivity contribution in [1.29, 1.82) is 0 Å². The number of anilines is 1. The molecule has 0 aromatic heterocycles. The Morgan fingerprint density at radius 1 is 0.870 bits per heavy atom. The minimum Gasteiger partial charge on any atom is -0.352 e. The Hall–Kier alpha value is -3.37. The summed E-state index contributed by atoms with van der Waals surface area (Å²) in [6.45, 7) is 5.19. The second kappa shape index (κ2) is 16.0. The van der Waals surface area contributed by atoms with Gasteiger partial charge in [-0.2, -0.15) is 0 Å². The molecule has 0 spiro atoms. The van der Waals surface area contributed by atoms with Crippen molar-refractivity contribution >= 4 is 66.7 Å². The van der Waals surface area contributed by atoms with Crippen LogP contribution in [0.2, 0.25) is 10.0 Å². The van der Waals surface area contributed by atoms with Gasteiger partial charge in [0.1, 0.15) is 12.6 Å². The largest absolute Gasteiger partial charge is 0.352 e. The zero-order valence-electron chi connectivity index (χ0n) is 25.8. The lowest BCUT2D eigenvalue weighted by Crippen LogP contribution is -2.54. The van der Waals surface area contributed by atoms with Gasteiger partial charge in [0.15, 0.2) is 0 Å². The fourth-order valence-electron chi connectivity index (χ4n) is 4.83. The van der Waals surface area contributed by atoms with Gasteiger partial charge < -0.3 is 10.2 Å². The molecule has 2 atom stereocenters. The number of halogens is 3. The van der Waals surface area contributed by atoms with Gasteiger partial charge in [-0.3, -0.25) is 13.9 Å². The van der Waals surface area contributed by atoms with E-state index in [1.807, 2.05) is 75.4 Å². The Bertz CT molecular complexity index is 1770. The molecule has 0 aliphatic heterocycles. The van der Waals surface area contributed by atoms with Crippen LogP contribution in [0.5, 0.6) is 0 Å². The first-order valence-electron chi connectivity index (χ1n) is 14.8. The summed E-state index contributed by atoms with van der Waals surface area (Å²) in [5, 5.41) is 3.41. The van der Waals surface area contributed by atoms with Gasteiger partial charge in [-0.15, -0.1) is 0 Å². The number of rotatable bonds is 13. The highest BCUT2D eigenvalue weighted by Crippen LogP contribution is 2.31. The Kier molecular flexibility index (Phi) is 12.3. The number of nitrogens with zero attached hydrogens (tertiary/aromatic N) is 2. The third kappa shape index (κ3) is 9.12. The highest BCUT2D eigenvalue weighted by molar-refractivity contribution is 9.10. The van der Waals surface area contributed by atoms with Crippen molar-refractivity contribution in [2.45, 2.75) is 57.1 Å². The number of carbonyl (C=O) groups excluding carboxylic acids is 2. The summed E-state index contributed by atoms with van der Waals surface area (Å²) >= 11 is 16.0. The molecule has 46 heavy (non-hydrogen) atoms. The third-order valence-electron chi connectivity index (χ3n) is 7.59. The molecule has 0 saturated heterocycles. The second-order valence-electron chi connectivity index (χ2n) is 11.1. The fraction of sp³-hybridized carbons (Fsp3) is 0.257. The van der Waals surface area contributed by atoms with E-state index in [-0.39, 0.29) is 45.5 Å². The summed E-state index contributed by atoms with van der Waals surface area (Å²) in [4.78, 5) is 30.0. The quantitative estimate of drug-likeness (QED) is 0.151. The zero-order valence-corrected chi connectivity index (χ0v) is 29.7. The Balaban J connectivity index is 1.83. The number of amides is 2. The minimum atomic E-state index is -4.26. The lowest BCUT2D eigenvalue weighted by atomic mass is 10.0. The lowest BCUT2D eigenvalue weighted by molar-refractivity contribution is -0.140. The van der Waals surface area contributed by atoms with E-state index in [1.165, 1.54) is 35.2 Å². The molecule has 2 amide bonds. The molecule has 7 nitrogen and oxygen atoms in total. The van der Waals surface area contributed by atoms with E-state index < -0.39 is 28.5 Å². The van der Waals surface area contributed by atoms with E-state index in [4.69, 9.17) is 23.2 Å². The van der Waals surface area contributed by atoms with Crippen molar-refractivity contribution in [1.82, 2.24) is 10.2 Å². The van der Waals surface area contributed by atoms with Crippen molar-refractivity contribution < 1.29 is 18.0 Å². The SMILES string of the molecule is CC[C@@H](C)NC(=O)[C@H](Cc1ccccc1)N(Cc1cccc(Br)c1)C(=O)CN(c1ccc(Cl)c(Cl)c1)S(=O)(=O)c1ccc(C)cc1. The summed E-state index contributed by atoms with van der Waals surface area (Å²) in [7, 11) is -4.26. The molecule has 0 aliphatic rings. The monoisotopic (exact) mass is 743 g/mol. The summed E-state index contributed by atoms with van der Waals surface area (Å²) in [5.74, 6) is -0.897. The smallest absolute Gasteiger partial charge is 0.264 e. The molecule has 0 fully saturated rings. The molecule has 4 aromatic rings. The molecule has 0 heterocycles. The first kappa shape index (κ1) is 35.5. The average Bonchev–Trinajstić information content (AvgIpc) is 3.03. The number of hydrogen-bond acceptors (Lipinski definition) is 4. The molecule has 0 unspecified atom stereocenters. The van der Waals surface area contributed by atoms with Crippen molar-refractivity contribution in [3.05, 3.63) is 128 Å². The van der Waals surface area contributed by atoms with Crippen molar-refractivity contribution in [3.63, 3.8) is 0 Å². The molecular formula is C35H36BrCl2N3O4S. The van der Waals surface area contributed by atoms with Gasteiger partial charge in [0.2, 0.25) is 11.8 Å². The highest BCUT2D eigenvalue weighted by Gasteiger charge is 2.35. The number of benzene rings is 4. The standard InChI is InChI=1S/C35H36BrCl2N3O4S/c1-4-25(3)39-35(43)33(20-26-9-6-5-7-10-26)40(22-27-11-8-12-28(36)19-27)34(42)23-41(29-15-18-31(37)32(38)21-29)46(44,45)30-16-13-24(2)14-17-30/h5-19,21,25,33H,4,20,22-23H2,1-3H3,(H,39,43)/t25-,33+/m1/s1. The number of hydrogen-bond donors (Lipinski definition) is 1. The Labute approximate surface area is 289 Å². The van der Waals surface area contributed by atoms with E-state index in [2.05, 4.69) is 21.2 Å². The Morgan fingerprint density at radius 2 is 1.54 bits per heavy atom. The predicted molar refractivity (Wildman–Crippen MR) is 189 cm³/mol. The molecule has 0 bridgehead atoms. The van der Waals surface area contributed by atoms with Crippen LogP contribution in [0.15, 0.2) is 106 Å². The fourth-order valence-corrected chi connectivity index (χ4v) is 6.98. The van der Waals surface area contributed by atoms with Crippen LogP contribution in [0.3, 0.4) is 0 Å². The van der Waals surface area contributed by atoms with Gasteiger partial charge in [0.25, 0.3) is 10.0 Å². The maximum atomic E-state index is 14.6. The molecule has 0 aliphatic carbocycles. The first-order valence-corrected chi connectivity index (χ1v) is 17.8. The molecule has 4 rings (SSSR count). The first-order chi connectivity index (χ1) is 21.9. The molecule has 11 heteroatoms. The van der Waals surface area contributed by atoms with Gasteiger partial charge in [-0.05, 0) is 73.9 Å². The van der Waals surface area contributed by atoms with Crippen LogP contribution < -0.4 is 9.62 Å². The number of aryl methyl sites for hydroxylation is 1. The van der Waals surface area contributed by atoms with E-state index in [1.54, 1.807) is 12.1 Å². The number of carbonyl (C=O) groups is 2. The van der Waals surface area contributed by atoms with Crippen LogP contribution in [0.25, 0.3) is 0 Å². The van der Waals surface area contributed by atoms with Crippen LogP contribution >= 0.6 is 39.1 Å². The van der Waals surface area contributed by atoms with Crippen LogP contribution in [0.1, 0.15) is 37.0 Å². The topological polar surface area (TPSA) is 86.8 Å². The van der Waals surface area contributed by atoms with Crippen molar-refractivity contribution in [3.8, 4) is 0 Å². The second-order valence-corrected chi connectivity index (χ2v) is 14.7. The van der Waals surface area contributed by atoms with Crippen molar-refractivity contribution in [2.24, 2.45) is 0 Å². The van der Waals surface area contributed by atoms with Gasteiger partial charge >= 0.3 is 0 Å².